The molecule has 0 aliphatic heterocycles. The lowest BCUT2D eigenvalue weighted by molar-refractivity contribution is -0.139. The van der Waals surface area contributed by atoms with Crippen molar-refractivity contribution in [3.8, 4) is 0 Å². The van der Waals surface area contributed by atoms with Gasteiger partial charge < -0.3 is 20.5 Å². The molecule has 0 aromatic carbocycles. The molecule has 0 bridgehead atoms. The number of hydrogen-bond acceptors (Lipinski definition) is 6. The topological polar surface area (TPSA) is 133 Å². The summed E-state index contributed by atoms with van der Waals surface area (Å²) in [5, 5.41) is 21.1. The lowest BCUT2D eigenvalue weighted by Crippen LogP contribution is -2.43. The van der Waals surface area contributed by atoms with Crippen LogP contribution in [0.25, 0.3) is 0 Å². The van der Waals surface area contributed by atoms with Crippen molar-refractivity contribution in [1.82, 2.24) is 15.5 Å². The number of thioether (sulfide) groups is 1. The van der Waals surface area contributed by atoms with Crippen molar-refractivity contribution in [3.63, 3.8) is 0 Å². The van der Waals surface area contributed by atoms with Crippen LogP contribution >= 0.6 is 11.8 Å². The Balaban J connectivity index is 2.38. The molecular weight excluding hydrogens is 360 g/mol. The zero-order valence-electron chi connectivity index (χ0n) is 15.6. The van der Waals surface area contributed by atoms with Gasteiger partial charge in [-0.15, -0.1) is 0 Å². The number of carbonyl (C=O) groups excluding carboxylic acids is 2. The summed E-state index contributed by atoms with van der Waals surface area (Å²) in [4.78, 5) is 34.9. The number of amides is 2. The number of aryl methyl sites for hydroxylation is 2. The third-order valence-electron chi connectivity index (χ3n) is 3.17. The maximum Gasteiger partial charge on any atom is 0.408 e. The highest BCUT2D eigenvalue weighted by Gasteiger charge is 2.23. The number of anilines is 1. The molecule has 0 spiro atoms. The van der Waals surface area contributed by atoms with Crippen LogP contribution in [0.15, 0.2) is 0 Å². The van der Waals surface area contributed by atoms with Gasteiger partial charge in [0.25, 0.3) is 0 Å². The minimum absolute atomic E-state index is 0.169. The van der Waals surface area contributed by atoms with Crippen LogP contribution in [0, 0.1) is 13.8 Å². The first kappa shape index (κ1) is 21.8. The SMILES string of the molecule is Cc1n[nH]c(C)c1NC(=O)CSCCC(NC(=O)OC(C)(C)C)C(=O)O. The monoisotopic (exact) mass is 386 g/mol. The molecule has 146 valence electrons. The van der Waals surface area contributed by atoms with E-state index in [4.69, 9.17) is 4.74 Å². The van der Waals surface area contributed by atoms with Crippen molar-refractivity contribution in [3.05, 3.63) is 11.4 Å². The predicted octanol–water partition coefficient (Wildman–Crippen LogP) is 2.07. The van der Waals surface area contributed by atoms with Crippen LogP contribution in [0.5, 0.6) is 0 Å². The summed E-state index contributed by atoms with van der Waals surface area (Å²) in [6.45, 7) is 8.68. The molecule has 0 aliphatic carbocycles. The molecule has 10 heteroatoms. The summed E-state index contributed by atoms with van der Waals surface area (Å²) in [7, 11) is 0. The Kier molecular flexibility index (Phi) is 7.94. The van der Waals surface area contributed by atoms with Crippen LogP contribution in [-0.2, 0) is 14.3 Å². The van der Waals surface area contributed by atoms with E-state index in [1.807, 2.05) is 6.92 Å². The van der Waals surface area contributed by atoms with Gasteiger partial charge in [0.15, 0.2) is 0 Å². The minimum Gasteiger partial charge on any atom is -0.480 e. The predicted molar refractivity (Wildman–Crippen MR) is 99.4 cm³/mol. The van der Waals surface area contributed by atoms with E-state index in [0.717, 1.165) is 5.69 Å². The van der Waals surface area contributed by atoms with E-state index in [2.05, 4.69) is 20.8 Å². The maximum absolute atomic E-state index is 11.9. The summed E-state index contributed by atoms with van der Waals surface area (Å²) in [5.41, 5.74) is 1.43. The Bertz CT molecular complexity index is 634. The number of nitrogens with one attached hydrogen (secondary N) is 3. The van der Waals surface area contributed by atoms with Gasteiger partial charge in [0.2, 0.25) is 5.91 Å². The fourth-order valence-corrected chi connectivity index (χ4v) is 2.79. The van der Waals surface area contributed by atoms with E-state index < -0.39 is 23.7 Å². The largest absolute Gasteiger partial charge is 0.480 e. The van der Waals surface area contributed by atoms with Crippen molar-refractivity contribution in [2.24, 2.45) is 0 Å². The Labute approximate surface area is 156 Å². The van der Waals surface area contributed by atoms with Gasteiger partial charge in [0.05, 0.1) is 22.8 Å². The summed E-state index contributed by atoms with van der Waals surface area (Å²) >= 11 is 1.28. The van der Waals surface area contributed by atoms with Gasteiger partial charge in [-0.3, -0.25) is 9.89 Å². The highest BCUT2D eigenvalue weighted by Crippen LogP contribution is 2.16. The van der Waals surface area contributed by atoms with Crippen LogP contribution in [0.4, 0.5) is 10.5 Å². The van der Waals surface area contributed by atoms with Crippen molar-refractivity contribution < 1.29 is 24.2 Å². The van der Waals surface area contributed by atoms with Crippen molar-refractivity contribution >= 4 is 35.4 Å². The number of H-pyrrole nitrogens is 1. The van der Waals surface area contributed by atoms with Crippen LogP contribution in [-0.4, -0.2) is 56.4 Å². The van der Waals surface area contributed by atoms with E-state index in [0.29, 0.717) is 17.1 Å². The molecular formula is C16H26N4O5S. The molecule has 1 heterocycles. The van der Waals surface area contributed by atoms with Crippen molar-refractivity contribution in [1.29, 1.82) is 0 Å². The van der Waals surface area contributed by atoms with E-state index in [1.54, 1.807) is 27.7 Å². The van der Waals surface area contributed by atoms with Gasteiger partial charge >= 0.3 is 12.1 Å². The normalized spacial score (nSPS) is 12.3. The Morgan fingerprint density at radius 1 is 1.31 bits per heavy atom. The number of hydrogen-bond donors (Lipinski definition) is 4. The zero-order valence-corrected chi connectivity index (χ0v) is 16.5. The molecule has 0 aliphatic rings. The molecule has 9 nitrogen and oxygen atoms in total. The highest BCUT2D eigenvalue weighted by molar-refractivity contribution is 7.99. The second kappa shape index (κ2) is 9.46. The van der Waals surface area contributed by atoms with Gasteiger partial charge in [-0.05, 0) is 46.8 Å². The van der Waals surface area contributed by atoms with Gasteiger partial charge in [0, 0.05) is 0 Å². The van der Waals surface area contributed by atoms with Crippen LogP contribution in [0.1, 0.15) is 38.6 Å². The number of nitrogens with zero attached hydrogens (tertiary/aromatic N) is 1. The molecule has 0 radical (unpaired) electrons. The number of aromatic amines is 1. The van der Waals surface area contributed by atoms with E-state index in [1.165, 1.54) is 11.8 Å². The van der Waals surface area contributed by atoms with Crippen LogP contribution in [0.3, 0.4) is 0 Å². The number of carbonyl (C=O) groups is 3. The Hall–Kier alpha value is -2.23. The fourth-order valence-electron chi connectivity index (χ4n) is 1.98. The third kappa shape index (κ3) is 7.77. The molecule has 1 aromatic heterocycles. The first-order valence-electron chi connectivity index (χ1n) is 8.11. The number of ether oxygens (including phenoxy) is 1. The first-order chi connectivity index (χ1) is 12.0. The minimum atomic E-state index is -1.15. The number of rotatable bonds is 8. The van der Waals surface area contributed by atoms with Crippen LogP contribution < -0.4 is 10.6 Å². The van der Waals surface area contributed by atoms with Gasteiger partial charge in [-0.25, -0.2) is 9.59 Å². The molecule has 0 saturated heterocycles. The van der Waals surface area contributed by atoms with Gasteiger partial charge in [-0.1, -0.05) is 0 Å². The van der Waals surface area contributed by atoms with Gasteiger partial charge in [-0.2, -0.15) is 16.9 Å². The van der Waals surface area contributed by atoms with E-state index in [9.17, 15) is 19.5 Å². The maximum atomic E-state index is 11.9. The average Bonchev–Trinajstić information content (AvgIpc) is 2.80. The lowest BCUT2D eigenvalue weighted by atomic mass is 10.2. The standard InChI is InChI=1S/C16H26N4O5S/c1-9-13(10(2)20-19-9)18-12(21)8-26-7-6-11(14(22)23)17-15(24)25-16(3,4)5/h11H,6-8H2,1-5H3,(H,17,24)(H,18,21)(H,19,20)(H,22,23). The van der Waals surface area contributed by atoms with Crippen LogP contribution in [0.2, 0.25) is 0 Å². The Morgan fingerprint density at radius 2 is 1.96 bits per heavy atom. The van der Waals surface area contributed by atoms with E-state index >= 15 is 0 Å². The number of alkyl carbamates (subject to hydrolysis) is 1. The number of aliphatic carboxylic acids is 1. The Morgan fingerprint density at radius 3 is 2.46 bits per heavy atom. The quantitative estimate of drug-likeness (QED) is 0.503. The fraction of sp³-hybridized carbons (Fsp3) is 0.625. The number of carboxylic acids is 1. The van der Waals surface area contributed by atoms with Crippen molar-refractivity contribution in [2.75, 3.05) is 16.8 Å². The van der Waals surface area contributed by atoms with Crippen molar-refractivity contribution in [2.45, 2.75) is 52.7 Å². The molecule has 1 atom stereocenters. The summed E-state index contributed by atoms with van der Waals surface area (Å²) in [5.74, 6) is -0.785. The number of carboxylic acid groups (broad SMARTS) is 1. The summed E-state index contributed by atoms with van der Waals surface area (Å²) < 4.78 is 5.05. The van der Waals surface area contributed by atoms with Gasteiger partial charge in [0.1, 0.15) is 11.6 Å². The lowest BCUT2D eigenvalue weighted by Gasteiger charge is -2.21. The second-order valence-electron chi connectivity index (χ2n) is 6.74. The first-order valence-corrected chi connectivity index (χ1v) is 9.26. The molecule has 0 saturated carbocycles. The average molecular weight is 386 g/mol. The summed E-state index contributed by atoms with van der Waals surface area (Å²) in [6, 6.07) is -1.07. The molecule has 1 rings (SSSR count). The smallest absolute Gasteiger partial charge is 0.408 e. The highest BCUT2D eigenvalue weighted by atomic mass is 32.2. The summed E-state index contributed by atoms with van der Waals surface area (Å²) in [6.07, 6.45) is -0.602. The molecule has 2 amide bonds. The van der Waals surface area contributed by atoms with E-state index in [-0.39, 0.29) is 18.1 Å². The molecule has 4 N–H and O–H groups in total. The molecule has 0 fully saturated rings. The third-order valence-corrected chi connectivity index (χ3v) is 4.16. The molecule has 1 unspecified atom stereocenters. The molecule has 1 aromatic rings. The zero-order chi connectivity index (χ0) is 19.9. The number of aromatic nitrogens is 2. The second-order valence-corrected chi connectivity index (χ2v) is 7.84. The molecule has 26 heavy (non-hydrogen) atoms.